The molecule has 5 N–H and O–H groups in total. The predicted molar refractivity (Wildman–Crippen MR) is 74.8 cm³/mol. The third kappa shape index (κ3) is 4.71. The Balaban J connectivity index is 2.71. The molecule has 0 fully saturated rings. The number of primary amides is 1. The molecule has 19 heavy (non-hydrogen) atoms. The quantitative estimate of drug-likeness (QED) is 0.685. The van der Waals surface area contributed by atoms with Gasteiger partial charge in [0.2, 0.25) is 5.91 Å². The Morgan fingerprint density at radius 1 is 1.32 bits per heavy atom. The maximum atomic E-state index is 12.0. The fraction of sp³-hybridized carbons (Fsp3) is 0.429. The second-order valence-electron chi connectivity index (χ2n) is 4.49. The molecular formula is C14H21N3O2. The molecule has 1 unspecified atom stereocenters. The Hall–Kier alpha value is -1.88. The van der Waals surface area contributed by atoms with Crippen molar-refractivity contribution < 1.29 is 9.59 Å². The first-order valence-electron chi connectivity index (χ1n) is 6.49. The lowest BCUT2D eigenvalue weighted by Crippen LogP contribution is -2.40. The van der Waals surface area contributed by atoms with Crippen LogP contribution in [-0.4, -0.2) is 24.4 Å². The number of unbranched alkanes of at least 4 members (excludes halogenated alkanes) is 1. The van der Waals surface area contributed by atoms with Crippen molar-refractivity contribution in [2.24, 2.45) is 11.5 Å². The first kappa shape index (κ1) is 15.2. The van der Waals surface area contributed by atoms with Gasteiger partial charge in [0, 0.05) is 23.7 Å². The van der Waals surface area contributed by atoms with E-state index < -0.39 is 5.91 Å². The second-order valence-corrected chi connectivity index (χ2v) is 4.49. The Morgan fingerprint density at radius 2 is 2.00 bits per heavy atom. The van der Waals surface area contributed by atoms with E-state index in [0.29, 0.717) is 17.7 Å². The average Bonchev–Trinajstić information content (AvgIpc) is 2.43. The summed E-state index contributed by atoms with van der Waals surface area (Å²) in [6.45, 7) is 2.49. The van der Waals surface area contributed by atoms with E-state index >= 15 is 0 Å². The molecule has 0 bridgehead atoms. The highest BCUT2D eigenvalue weighted by atomic mass is 16.2. The van der Waals surface area contributed by atoms with Gasteiger partial charge in [0.1, 0.15) is 0 Å². The van der Waals surface area contributed by atoms with Crippen LogP contribution in [0.15, 0.2) is 24.3 Å². The van der Waals surface area contributed by atoms with Crippen LogP contribution in [0.1, 0.15) is 46.9 Å². The number of carbonyl (C=O) groups excluding carboxylic acids is 2. The van der Waals surface area contributed by atoms with Gasteiger partial charge in [-0.25, -0.2) is 0 Å². The minimum Gasteiger partial charge on any atom is -0.366 e. The lowest BCUT2D eigenvalue weighted by atomic mass is 10.1. The Labute approximate surface area is 113 Å². The summed E-state index contributed by atoms with van der Waals surface area (Å²) in [5, 5.41) is 2.87. The molecule has 5 heteroatoms. The van der Waals surface area contributed by atoms with E-state index in [2.05, 4.69) is 12.2 Å². The summed E-state index contributed by atoms with van der Waals surface area (Å²) in [6, 6.07) is 6.32. The van der Waals surface area contributed by atoms with Crippen molar-refractivity contribution >= 4 is 11.8 Å². The summed E-state index contributed by atoms with van der Waals surface area (Å²) >= 11 is 0. The summed E-state index contributed by atoms with van der Waals surface area (Å²) in [5.74, 6) is -0.773. The summed E-state index contributed by atoms with van der Waals surface area (Å²) < 4.78 is 0. The van der Waals surface area contributed by atoms with Gasteiger partial charge >= 0.3 is 0 Å². The van der Waals surface area contributed by atoms with Gasteiger partial charge in [-0.05, 0) is 24.6 Å². The van der Waals surface area contributed by atoms with Gasteiger partial charge in [-0.15, -0.1) is 0 Å². The predicted octanol–water partition coefficient (Wildman–Crippen LogP) is 1.03. The summed E-state index contributed by atoms with van der Waals surface area (Å²) in [6.07, 6.45) is 2.93. The molecule has 5 nitrogen and oxygen atoms in total. The minimum absolute atomic E-state index is 0.0373. The number of rotatable bonds is 7. The largest absolute Gasteiger partial charge is 0.366 e. The van der Waals surface area contributed by atoms with Crippen molar-refractivity contribution in [2.75, 3.05) is 6.54 Å². The van der Waals surface area contributed by atoms with Crippen molar-refractivity contribution in [3.8, 4) is 0 Å². The lowest BCUT2D eigenvalue weighted by Gasteiger charge is -2.16. The highest BCUT2D eigenvalue weighted by Crippen LogP contribution is 2.06. The Morgan fingerprint density at radius 3 is 2.58 bits per heavy atom. The third-order valence-corrected chi connectivity index (χ3v) is 2.94. The van der Waals surface area contributed by atoms with E-state index in [1.165, 1.54) is 6.07 Å². The molecule has 0 aliphatic heterocycles. The molecule has 0 saturated carbocycles. The van der Waals surface area contributed by atoms with E-state index in [-0.39, 0.29) is 11.9 Å². The van der Waals surface area contributed by atoms with Crippen LogP contribution < -0.4 is 16.8 Å². The first-order valence-corrected chi connectivity index (χ1v) is 6.49. The Bertz CT molecular complexity index is 446. The van der Waals surface area contributed by atoms with Crippen LogP contribution >= 0.6 is 0 Å². The molecule has 104 valence electrons. The maximum absolute atomic E-state index is 12.0. The SMILES string of the molecule is CCCCC(CN)NC(=O)c1cccc(C(N)=O)c1. The molecule has 0 aromatic heterocycles. The molecule has 1 rings (SSSR count). The number of hydrogen-bond acceptors (Lipinski definition) is 3. The van der Waals surface area contributed by atoms with E-state index in [9.17, 15) is 9.59 Å². The Kier molecular flexibility index (Phi) is 6.02. The molecule has 0 aliphatic carbocycles. The van der Waals surface area contributed by atoms with Gasteiger partial charge < -0.3 is 16.8 Å². The zero-order chi connectivity index (χ0) is 14.3. The standard InChI is InChI=1S/C14H21N3O2/c1-2-3-7-12(9-15)17-14(19)11-6-4-5-10(8-11)13(16)18/h4-6,8,12H,2-3,7,9,15H2,1H3,(H2,16,18)(H,17,19). The fourth-order valence-electron chi connectivity index (χ4n) is 1.78. The third-order valence-electron chi connectivity index (χ3n) is 2.94. The minimum atomic E-state index is -0.545. The van der Waals surface area contributed by atoms with Crippen LogP contribution in [0.5, 0.6) is 0 Å². The molecule has 0 heterocycles. The van der Waals surface area contributed by atoms with Gasteiger partial charge in [0.15, 0.2) is 0 Å². The maximum Gasteiger partial charge on any atom is 0.251 e. The normalized spacial score (nSPS) is 11.9. The van der Waals surface area contributed by atoms with Crippen LogP contribution in [0, 0.1) is 0 Å². The van der Waals surface area contributed by atoms with Crippen molar-refractivity contribution in [1.82, 2.24) is 5.32 Å². The molecule has 0 spiro atoms. The summed E-state index contributed by atoms with van der Waals surface area (Å²) in [5.41, 5.74) is 11.6. The smallest absolute Gasteiger partial charge is 0.251 e. The van der Waals surface area contributed by atoms with E-state index in [4.69, 9.17) is 11.5 Å². The van der Waals surface area contributed by atoms with Crippen LogP contribution in [-0.2, 0) is 0 Å². The molecule has 2 amide bonds. The van der Waals surface area contributed by atoms with Crippen molar-refractivity contribution in [3.63, 3.8) is 0 Å². The van der Waals surface area contributed by atoms with E-state index in [0.717, 1.165) is 19.3 Å². The van der Waals surface area contributed by atoms with Crippen LogP contribution in [0.4, 0.5) is 0 Å². The highest BCUT2D eigenvalue weighted by Gasteiger charge is 2.13. The van der Waals surface area contributed by atoms with Crippen molar-refractivity contribution in [1.29, 1.82) is 0 Å². The number of hydrogen-bond donors (Lipinski definition) is 3. The van der Waals surface area contributed by atoms with Crippen LogP contribution in [0.2, 0.25) is 0 Å². The molecule has 1 atom stereocenters. The number of nitrogens with one attached hydrogen (secondary N) is 1. The fourth-order valence-corrected chi connectivity index (χ4v) is 1.78. The number of benzene rings is 1. The van der Waals surface area contributed by atoms with Crippen molar-refractivity contribution in [2.45, 2.75) is 32.2 Å². The first-order chi connectivity index (χ1) is 9.08. The number of nitrogens with two attached hydrogens (primary N) is 2. The monoisotopic (exact) mass is 263 g/mol. The molecular weight excluding hydrogens is 242 g/mol. The lowest BCUT2D eigenvalue weighted by molar-refractivity contribution is 0.0935. The average molecular weight is 263 g/mol. The van der Waals surface area contributed by atoms with Gasteiger partial charge in [0.25, 0.3) is 5.91 Å². The number of carbonyl (C=O) groups is 2. The summed E-state index contributed by atoms with van der Waals surface area (Å²) in [7, 11) is 0. The number of amides is 2. The molecule has 1 aromatic carbocycles. The summed E-state index contributed by atoms with van der Waals surface area (Å²) in [4.78, 5) is 23.1. The van der Waals surface area contributed by atoms with Gasteiger partial charge in [-0.3, -0.25) is 9.59 Å². The zero-order valence-electron chi connectivity index (χ0n) is 11.2. The van der Waals surface area contributed by atoms with Crippen LogP contribution in [0.25, 0.3) is 0 Å². The van der Waals surface area contributed by atoms with Crippen molar-refractivity contribution in [3.05, 3.63) is 35.4 Å². The van der Waals surface area contributed by atoms with Gasteiger partial charge in [-0.1, -0.05) is 25.8 Å². The molecule has 0 saturated heterocycles. The topological polar surface area (TPSA) is 98.2 Å². The zero-order valence-corrected chi connectivity index (χ0v) is 11.2. The van der Waals surface area contributed by atoms with E-state index in [1.54, 1.807) is 18.2 Å². The van der Waals surface area contributed by atoms with E-state index in [1.807, 2.05) is 0 Å². The molecule has 0 radical (unpaired) electrons. The second kappa shape index (κ2) is 7.53. The van der Waals surface area contributed by atoms with Gasteiger partial charge in [-0.2, -0.15) is 0 Å². The molecule has 1 aromatic rings. The molecule has 0 aliphatic rings. The van der Waals surface area contributed by atoms with Crippen LogP contribution in [0.3, 0.4) is 0 Å². The highest BCUT2D eigenvalue weighted by molar-refractivity contribution is 5.99. The van der Waals surface area contributed by atoms with Gasteiger partial charge in [0.05, 0.1) is 0 Å².